The second kappa shape index (κ2) is 7.20. The van der Waals surface area contributed by atoms with Crippen molar-refractivity contribution in [2.24, 2.45) is 5.92 Å². The highest BCUT2D eigenvalue weighted by Gasteiger charge is 2.29. The van der Waals surface area contributed by atoms with Gasteiger partial charge in [0, 0.05) is 26.2 Å². The number of rotatable bonds is 7. The van der Waals surface area contributed by atoms with Crippen molar-refractivity contribution in [1.29, 1.82) is 0 Å². The van der Waals surface area contributed by atoms with Gasteiger partial charge in [-0.05, 0) is 38.6 Å². The molecule has 0 radical (unpaired) electrons. The summed E-state index contributed by atoms with van der Waals surface area (Å²) >= 11 is 0. The molecular weight excluding hydrogens is 276 g/mol. The molecule has 2 aliphatic rings. The summed E-state index contributed by atoms with van der Waals surface area (Å²) in [6.45, 7) is 4.80. The molecule has 1 aliphatic carbocycles. The van der Waals surface area contributed by atoms with Crippen LogP contribution in [0.5, 0.6) is 0 Å². The molecule has 2 fully saturated rings. The van der Waals surface area contributed by atoms with Gasteiger partial charge in [-0.3, -0.25) is 0 Å². The number of sulfonamides is 1. The summed E-state index contributed by atoms with van der Waals surface area (Å²) in [5, 5.41) is 0. The lowest BCUT2D eigenvalue weighted by molar-refractivity contribution is 0.136. The zero-order chi connectivity index (χ0) is 14.6. The Morgan fingerprint density at radius 2 is 2.00 bits per heavy atom. The number of ether oxygens (including phenoxy) is 1. The number of nitrogens with one attached hydrogen (secondary N) is 1. The highest BCUT2D eigenvalue weighted by atomic mass is 32.2. The molecule has 0 aromatic rings. The topological polar surface area (TPSA) is 58.6 Å². The van der Waals surface area contributed by atoms with Crippen LogP contribution in [0.25, 0.3) is 0 Å². The Morgan fingerprint density at radius 3 is 2.65 bits per heavy atom. The van der Waals surface area contributed by atoms with Crippen molar-refractivity contribution < 1.29 is 13.2 Å². The van der Waals surface area contributed by atoms with Gasteiger partial charge in [0.2, 0.25) is 10.0 Å². The lowest BCUT2D eigenvalue weighted by Crippen LogP contribution is -2.41. The van der Waals surface area contributed by atoms with E-state index in [-0.39, 0.29) is 17.9 Å². The molecule has 1 saturated heterocycles. The fourth-order valence-electron chi connectivity index (χ4n) is 3.33. The third-order valence-electron chi connectivity index (χ3n) is 4.47. The Kier molecular flexibility index (Phi) is 5.84. The van der Waals surface area contributed by atoms with Crippen molar-refractivity contribution >= 4 is 10.0 Å². The van der Waals surface area contributed by atoms with Crippen molar-refractivity contribution in [2.75, 3.05) is 32.5 Å². The maximum atomic E-state index is 12.0. The van der Waals surface area contributed by atoms with E-state index in [1.807, 2.05) is 0 Å². The van der Waals surface area contributed by atoms with Gasteiger partial charge in [-0.2, -0.15) is 0 Å². The SMILES string of the molecule is COC(C)CS(=O)(=O)NC1CCN(CC2CCCC2)C1. The standard InChI is InChI=1S/C14H28N2O3S/c1-12(19-2)11-20(17,18)15-14-7-8-16(10-14)9-13-5-3-4-6-13/h12-15H,3-11H2,1-2H3. The van der Waals surface area contributed by atoms with Crippen LogP contribution in [0.15, 0.2) is 0 Å². The number of nitrogens with zero attached hydrogens (tertiary/aromatic N) is 1. The van der Waals surface area contributed by atoms with E-state index in [0.717, 1.165) is 32.0 Å². The second-order valence-electron chi connectivity index (χ2n) is 6.34. The van der Waals surface area contributed by atoms with E-state index in [9.17, 15) is 8.42 Å². The molecule has 1 saturated carbocycles. The fraction of sp³-hybridized carbons (Fsp3) is 1.00. The Bertz CT molecular complexity index is 393. The molecule has 1 aliphatic heterocycles. The molecule has 5 nitrogen and oxygen atoms in total. The monoisotopic (exact) mass is 304 g/mol. The molecule has 1 N–H and O–H groups in total. The first-order valence-corrected chi connectivity index (χ1v) is 9.39. The Hall–Kier alpha value is -0.170. The first-order valence-electron chi connectivity index (χ1n) is 7.73. The predicted octanol–water partition coefficient (Wildman–Crippen LogP) is 1.21. The van der Waals surface area contributed by atoms with Gasteiger partial charge in [0.15, 0.2) is 0 Å². The molecule has 0 bridgehead atoms. The van der Waals surface area contributed by atoms with Crippen molar-refractivity contribution in [1.82, 2.24) is 9.62 Å². The first kappa shape index (κ1) is 16.2. The molecule has 0 aromatic carbocycles. The summed E-state index contributed by atoms with van der Waals surface area (Å²) in [6, 6.07) is 0.0745. The maximum Gasteiger partial charge on any atom is 0.214 e. The van der Waals surface area contributed by atoms with Crippen LogP contribution in [0.3, 0.4) is 0 Å². The van der Waals surface area contributed by atoms with E-state index in [1.165, 1.54) is 25.7 Å². The smallest absolute Gasteiger partial charge is 0.214 e. The van der Waals surface area contributed by atoms with E-state index in [1.54, 1.807) is 14.0 Å². The van der Waals surface area contributed by atoms with E-state index < -0.39 is 10.0 Å². The average molecular weight is 304 g/mol. The van der Waals surface area contributed by atoms with Crippen molar-refractivity contribution in [3.63, 3.8) is 0 Å². The summed E-state index contributed by atoms with van der Waals surface area (Å²) in [5.74, 6) is 0.877. The Balaban J connectivity index is 1.74. The van der Waals surface area contributed by atoms with Gasteiger partial charge in [-0.25, -0.2) is 13.1 Å². The van der Waals surface area contributed by atoms with Gasteiger partial charge in [0.1, 0.15) is 0 Å². The van der Waals surface area contributed by atoms with Gasteiger partial charge >= 0.3 is 0 Å². The molecule has 2 atom stereocenters. The molecule has 20 heavy (non-hydrogen) atoms. The van der Waals surface area contributed by atoms with Crippen molar-refractivity contribution in [3.05, 3.63) is 0 Å². The molecule has 0 amide bonds. The van der Waals surface area contributed by atoms with Crippen LogP contribution in [-0.4, -0.2) is 58.0 Å². The molecule has 0 aromatic heterocycles. The van der Waals surface area contributed by atoms with Crippen LogP contribution < -0.4 is 4.72 Å². The molecule has 118 valence electrons. The van der Waals surface area contributed by atoms with Crippen molar-refractivity contribution in [3.8, 4) is 0 Å². The minimum atomic E-state index is -3.23. The fourth-order valence-corrected chi connectivity index (χ4v) is 4.88. The molecule has 0 spiro atoms. The molecular formula is C14H28N2O3S. The van der Waals surface area contributed by atoms with Crippen LogP contribution in [-0.2, 0) is 14.8 Å². The lowest BCUT2D eigenvalue weighted by atomic mass is 10.1. The number of likely N-dealkylation sites (tertiary alicyclic amines) is 1. The highest BCUT2D eigenvalue weighted by Crippen LogP contribution is 2.26. The van der Waals surface area contributed by atoms with E-state index in [4.69, 9.17) is 4.74 Å². The number of methoxy groups -OCH3 is 1. The van der Waals surface area contributed by atoms with Gasteiger partial charge in [0.25, 0.3) is 0 Å². The molecule has 6 heteroatoms. The Morgan fingerprint density at radius 1 is 1.30 bits per heavy atom. The van der Waals surface area contributed by atoms with Crippen LogP contribution in [0.4, 0.5) is 0 Å². The maximum absolute atomic E-state index is 12.0. The van der Waals surface area contributed by atoms with E-state index >= 15 is 0 Å². The predicted molar refractivity (Wildman–Crippen MR) is 80.2 cm³/mol. The third-order valence-corrected chi connectivity index (χ3v) is 6.07. The largest absolute Gasteiger partial charge is 0.381 e. The molecule has 2 rings (SSSR count). The number of hydrogen-bond acceptors (Lipinski definition) is 4. The van der Waals surface area contributed by atoms with Crippen LogP contribution in [0.2, 0.25) is 0 Å². The zero-order valence-electron chi connectivity index (χ0n) is 12.7. The molecule has 2 unspecified atom stereocenters. The van der Waals surface area contributed by atoms with Crippen LogP contribution in [0.1, 0.15) is 39.0 Å². The van der Waals surface area contributed by atoms with E-state index in [2.05, 4.69) is 9.62 Å². The lowest BCUT2D eigenvalue weighted by Gasteiger charge is -2.20. The first-order chi connectivity index (χ1) is 9.48. The Labute approximate surface area is 123 Å². The average Bonchev–Trinajstić information content (AvgIpc) is 3.00. The summed E-state index contributed by atoms with van der Waals surface area (Å²) in [5.41, 5.74) is 0. The summed E-state index contributed by atoms with van der Waals surface area (Å²) < 4.78 is 31.9. The number of hydrogen-bond donors (Lipinski definition) is 1. The van der Waals surface area contributed by atoms with E-state index in [0.29, 0.717) is 0 Å². The minimum absolute atomic E-state index is 0.0443. The van der Waals surface area contributed by atoms with Crippen molar-refractivity contribution in [2.45, 2.75) is 51.2 Å². The summed E-state index contributed by atoms with van der Waals surface area (Å²) in [7, 11) is -1.69. The highest BCUT2D eigenvalue weighted by molar-refractivity contribution is 7.89. The summed E-state index contributed by atoms with van der Waals surface area (Å²) in [4.78, 5) is 2.42. The van der Waals surface area contributed by atoms with Crippen LogP contribution >= 0.6 is 0 Å². The molecule has 1 heterocycles. The zero-order valence-corrected chi connectivity index (χ0v) is 13.5. The minimum Gasteiger partial charge on any atom is -0.381 e. The normalized spacial score (nSPS) is 27.2. The third kappa shape index (κ3) is 4.98. The van der Waals surface area contributed by atoms with Gasteiger partial charge < -0.3 is 9.64 Å². The van der Waals surface area contributed by atoms with Gasteiger partial charge in [-0.1, -0.05) is 12.8 Å². The van der Waals surface area contributed by atoms with Gasteiger partial charge in [0.05, 0.1) is 11.9 Å². The van der Waals surface area contributed by atoms with Gasteiger partial charge in [-0.15, -0.1) is 0 Å². The summed E-state index contributed by atoms with van der Waals surface area (Å²) in [6.07, 6.45) is 6.08. The quantitative estimate of drug-likeness (QED) is 0.768. The van der Waals surface area contributed by atoms with Crippen LogP contribution in [0, 0.1) is 5.92 Å². The second-order valence-corrected chi connectivity index (χ2v) is 8.14.